The summed E-state index contributed by atoms with van der Waals surface area (Å²) in [6.07, 6.45) is 3.69. The average Bonchev–Trinajstić information content (AvgIpc) is 2.62. The molecular weight excluding hydrogens is 328 g/mol. The third kappa shape index (κ3) is 3.68. The normalized spacial score (nSPS) is 23.4. The number of aromatic nitrogens is 1. The number of pyridine rings is 1. The maximum atomic E-state index is 12.3. The van der Waals surface area contributed by atoms with E-state index in [1.54, 1.807) is 7.11 Å². The van der Waals surface area contributed by atoms with Crippen molar-refractivity contribution < 1.29 is 9.53 Å². The highest BCUT2D eigenvalue weighted by molar-refractivity contribution is 5.77. The number of carbonyl (C=O) groups excluding carboxylic acids is 1. The average molecular weight is 356 g/mol. The molecule has 0 aliphatic carbocycles. The molecule has 2 fully saturated rings. The fourth-order valence-electron chi connectivity index (χ4n) is 4.41. The van der Waals surface area contributed by atoms with Crippen LogP contribution in [0.15, 0.2) is 6.07 Å². The fraction of sp³-hybridized carbons (Fsp3) is 0.650. The molecule has 1 unspecified atom stereocenters. The van der Waals surface area contributed by atoms with Crippen molar-refractivity contribution in [3.05, 3.63) is 22.9 Å². The zero-order valence-corrected chi connectivity index (χ0v) is 16.0. The smallest absolute Gasteiger partial charge is 0.222 e. The Labute approximate surface area is 155 Å². The second kappa shape index (κ2) is 7.63. The van der Waals surface area contributed by atoms with E-state index < -0.39 is 0 Å². The number of amides is 1. The molecule has 140 valence electrons. The van der Waals surface area contributed by atoms with E-state index in [4.69, 9.17) is 9.72 Å². The quantitative estimate of drug-likeness (QED) is 0.829. The molecule has 1 atom stereocenters. The van der Waals surface area contributed by atoms with Gasteiger partial charge in [-0.05, 0) is 44.7 Å². The van der Waals surface area contributed by atoms with Crippen LogP contribution < -0.4 is 4.90 Å². The van der Waals surface area contributed by atoms with Gasteiger partial charge < -0.3 is 14.5 Å². The van der Waals surface area contributed by atoms with E-state index in [1.165, 1.54) is 0 Å². The van der Waals surface area contributed by atoms with Crippen LogP contribution in [0.3, 0.4) is 0 Å². The molecule has 0 bridgehead atoms. The molecule has 3 rings (SSSR count). The summed E-state index contributed by atoms with van der Waals surface area (Å²) in [6.45, 7) is 7.72. The van der Waals surface area contributed by atoms with Gasteiger partial charge in [0.15, 0.2) is 0 Å². The van der Waals surface area contributed by atoms with Crippen molar-refractivity contribution >= 4 is 11.7 Å². The molecular formula is C20H28N4O2. The lowest BCUT2D eigenvalue weighted by Crippen LogP contribution is -2.54. The number of piperidine rings is 2. The number of methoxy groups -OCH3 is 1. The molecule has 0 radical (unpaired) electrons. The van der Waals surface area contributed by atoms with Gasteiger partial charge in [0, 0.05) is 50.8 Å². The molecule has 2 aliphatic heterocycles. The number of nitriles is 1. The van der Waals surface area contributed by atoms with Crippen LogP contribution in [0.25, 0.3) is 0 Å². The summed E-state index contributed by atoms with van der Waals surface area (Å²) in [5.74, 6) is 1.04. The molecule has 0 aromatic carbocycles. The molecule has 1 amide bonds. The lowest BCUT2D eigenvalue weighted by atomic mass is 9.73. The Balaban J connectivity index is 1.84. The first-order valence-corrected chi connectivity index (χ1v) is 9.38. The van der Waals surface area contributed by atoms with Crippen LogP contribution in [-0.2, 0) is 9.53 Å². The van der Waals surface area contributed by atoms with Gasteiger partial charge in [-0.15, -0.1) is 0 Å². The molecule has 1 aromatic heterocycles. The Hall–Kier alpha value is -2.13. The second-order valence-corrected chi connectivity index (χ2v) is 7.72. The van der Waals surface area contributed by atoms with Crippen LogP contribution in [-0.4, -0.2) is 55.7 Å². The third-order valence-corrected chi connectivity index (χ3v) is 5.71. The van der Waals surface area contributed by atoms with E-state index in [0.717, 1.165) is 56.0 Å². The van der Waals surface area contributed by atoms with E-state index in [1.807, 2.05) is 24.8 Å². The summed E-state index contributed by atoms with van der Waals surface area (Å²) in [6, 6.07) is 4.30. The number of nitrogens with zero attached hydrogens (tertiary/aromatic N) is 4. The predicted octanol–water partition coefficient (Wildman–Crippen LogP) is 2.43. The number of likely N-dealkylation sites (tertiary alicyclic amines) is 1. The summed E-state index contributed by atoms with van der Waals surface area (Å²) in [7, 11) is 1.67. The minimum Gasteiger partial charge on any atom is -0.383 e. The van der Waals surface area contributed by atoms with Crippen LogP contribution in [0.4, 0.5) is 5.82 Å². The number of anilines is 1. The van der Waals surface area contributed by atoms with Crippen molar-refractivity contribution in [3.8, 4) is 6.07 Å². The van der Waals surface area contributed by atoms with E-state index in [2.05, 4.69) is 11.0 Å². The van der Waals surface area contributed by atoms with Gasteiger partial charge in [0.1, 0.15) is 11.9 Å². The minimum atomic E-state index is 0.0892. The Kier molecular flexibility index (Phi) is 5.47. The van der Waals surface area contributed by atoms with Crippen LogP contribution in [0, 0.1) is 30.6 Å². The molecule has 6 heteroatoms. The Morgan fingerprint density at radius 3 is 2.88 bits per heavy atom. The van der Waals surface area contributed by atoms with Crippen molar-refractivity contribution in [3.63, 3.8) is 0 Å². The maximum Gasteiger partial charge on any atom is 0.222 e. The van der Waals surface area contributed by atoms with Crippen molar-refractivity contribution in [1.29, 1.82) is 5.26 Å². The van der Waals surface area contributed by atoms with Gasteiger partial charge in [-0.1, -0.05) is 0 Å². The summed E-state index contributed by atoms with van der Waals surface area (Å²) in [4.78, 5) is 21.2. The zero-order valence-electron chi connectivity index (χ0n) is 16.0. The molecule has 2 saturated heterocycles. The highest BCUT2D eigenvalue weighted by Crippen LogP contribution is 2.40. The van der Waals surface area contributed by atoms with Gasteiger partial charge in [0.05, 0.1) is 12.2 Å². The molecule has 0 N–H and O–H groups in total. The summed E-state index contributed by atoms with van der Waals surface area (Å²) in [5, 5.41) is 9.61. The van der Waals surface area contributed by atoms with Gasteiger partial charge in [-0.3, -0.25) is 4.79 Å². The van der Waals surface area contributed by atoms with Gasteiger partial charge in [0.2, 0.25) is 5.91 Å². The van der Waals surface area contributed by atoms with Gasteiger partial charge in [0.25, 0.3) is 0 Å². The Bertz CT molecular complexity index is 727. The predicted molar refractivity (Wildman–Crippen MR) is 100.0 cm³/mol. The maximum absolute atomic E-state index is 12.3. The standard InChI is InChI=1S/C20H28N4O2/c1-15-11-16(2)22-19(17(15)12-21)24-8-4-6-20(14-24)7-5-18(25)23(13-20)9-10-26-3/h11H,4-10,13-14H2,1-3H3. The zero-order chi connectivity index (χ0) is 18.7. The molecule has 3 heterocycles. The number of carbonyl (C=O) groups is 1. The molecule has 1 aromatic rings. The first kappa shape index (κ1) is 18.7. The van der Waals surface area contributed by atoms with Crippen LogP contribution in [0.5, 0.6) is 0 Å². The molecule has 0 saturated carbocycles. The molecule has 6 nitrogen and oxygen atoms in total. The van der Waals surface area contributed by atoms with E-state index in [9.17, 15) is 10.1 Å². The second-order valence-electron chi connectivity index (χ2n) is 7.72. The third-order valence-electron chi connectivity index (χ3n) is 5.71. The highest BCUT2D eigenvalue weighted by Gasteiger charge is 2.42. The van der Waals surface area contributed by atoms with E-state index in [0.29, 0.717) is 25.1 Å². The van der Waals surface area contributed by atoms with Crippen LogP contribution in [0.1, 0.15) is 42.5 Å². The summed E-state index contributed by atoms with van der Waals surface area (Å²) >= 11 is 0. The fourth-order valence-corrected chi connectivity index (χ4v) is 4.41. The summed E-state index contributed by atoms with van der Waals surface area (Å²) in [5.41, 5.74) is 2.69. The first-order valence-electron chi connectivity index (χ1n) is 9.38. The van der Waals surface area contributed by atoms with E-state index in [-0.39, 0.29) is 11.3 Å². The minimum absolute atomic E-state index is 0.0892. The van der Waals surface area contributed by atoms with Crippen LogP contribution in [0.2, 0.25) is 0 Å². The number of aryl methyl sites for hydroxylation is 2. The van der Waals surface area contributed by atoms with E-state index >= 15 is 0 Å². The van der Waals surface area contributed by atoms with Crippen molar-refractivity contribution in [1.82, 2.24) is 9.88 Å². The monoisotopic (exact) mass is 356 g/mol. The first-order chi connectivity index (χ1) is 12.5. The molecule has 2 aliphatic rings. The lowest BCUT2D eigenvalue weighted by molar-refractivity contribution is -0.138. The Morgan fingerprint density at radius 2 is 2.15 bits per heavy atom. The summed E-state index contributed by atoms with van der Waals surface area (Å²) < 4.78 is 5.17. The van der Waals surface area contributed by atoms with Gasteiger partial charge >= 0.3 is 0 Å². The highest BCUT2D eigenvalue weighted by atomic mass is 16.5. The van der Waals surface area contributed by atoms with Crippen molar-refractivity contribution in [2.75, 3.05) is 44.8 Å². The van der Waals surface area contributed by atoms with Crippen molar-refractivity contribution in [2.24, 2.45) is 5.41 Å². The topological polar surface area (TPSA) is 69.5 Å². The number of hydrogen-bond acceptors (Lipinski definition) is 5. The van der Waals surface area contributed by atoms with Gasteiger partial charge in [-0.2, -0.15) is 5.26 Å². The molecule has 1 spiro atoms. The number of hydrogen-bond donors (Lipinski definition) is 0. The van der Waals surface area contributed by atoms with Gasteiger partial charge in [-0.25, -0.2) is 4.98 Å². The molecule has 26 heavy (non-hydrogen) atoms. The largest absolute Gasteiger partial charge is 0.383 e. The van der Waals surface area contributed by atoms with Crippen LogP contribution >= 0.6 is 0 Å². The number of rotatable bonds is 4. The SMILES string of the molecule is COCCN1CC2(CCCN(c3nc(C)cc(C)c3C#N)C2)CCC1=O. The number of ether oxygens (including phenoxy) is 1. The Morgan fingerprint density at radius 1 is 1.35 bits per heavy atom. The lowest BCUT2D eigenvalue weighted by Gasteiger charge is -2.48. The van der Waals surface area contributed by atoms with Crippen molar-refractivity contribution in [2.45, 2.75) is 39.5 Å².